The van der Waals surface area contributed by atoms with Gasteiger partial charge in [0.05, 0.1) is 11.0 Å². The van der Waals surface area contributed by atoms with Crippen LogP contribution in [0.2, 0.25) is 0 Å². The second-order valence-corrected chi connectivity index (χ2v) is 13.8. The lowest BCUT2D eigenvalue weighted by Gasteiger charge is -2.26. The fourth-order valence-electron chi connectivity index (χ4n) is 8.25. The van der Waals surface area contributed by atoms with E-state index in [-0.39, 0.29) is 0 Å². The lowest BCUT2D eigenvalue weighted by atomic mass is 10.0. The third-order valence-corrected chi connectivity index (χ3v) is 10.7. The predicted molar refractivity (Wildman–Crippen MR) is 223 cm³/mol. The molecule has 0 radical (unpaired) electrons. The molecule has 0 amide bonds. The zero-order valence-corrected chi connectivity index (χ0v) is 28.8. The van der Waals surface area contributed by atoms with Crippen molar-refractivity contribution in [3.05, 3.63) is 194 Å². The van der Waals surface area contributed by atoms with E-state index in [0.29, 0.717) is 0 Å². The molecule has 3 nitrogen and oxygen atoms in total. The van der Waals surface area contributed by atoms with E-state index in [1.807, 2.05) is 12.1 Å². The van der Waals surface area contributed by atoms with Crippen LogP contribution in [0.4, 0.5) is 17.1 Å². The van der Waals surface area contributed by atoms with Crippen LogP contribution in [0, 0.1) is 0 Å². The molecule has 11 rings (SSSR count). The lowest BCUT2D eigenvalue weighted by Crippen LogP contribution is -2.09. The highest BCUT2D eigenvalue weighted by Gasteiger charge is 2.18. The molecular weight excluding hydrogens is 645 g/mol. The summed E-state index contributed by atoms with van der Waals surface area (Å²) in [6, 6.07) is 69.8. The molecule has 0 fully saturated rings. The quantitative estimate of drug-likeness (QED) is 0.181. The van der Waals surface area contributed by atoms with Crippen molar-refractivity contribution in [3.63, 3.8) is 0 Å². The summed E-state index contributed by atoms with van der Waals surface area (Å²) in [6.07, 6.45) is 0. The van der Waals surface area contributed by atoms with Gasteiger partial charge in [0.1, 0.15) is 11.2 Å². The van der Waals surface area contributed by atoms with Crippen molar-refractivity contribution in [1.29, 1.82) is 0 Å². The molecule has 0 bridgehead atoms. The Kier molecular flexibility index (Phi) is 6.55. The molecule has 3 heteroatoms. The third kappa shape index (κ3) is 4.75. The number of fused-ring (bicyclic) bond motifs is 9. The van der Waals surface area contributed by atoms with Gasteiger partial charge >= 0.3 is 0 Å². The van der Waals surface area contributed by atoms with Crippen LogP contribution < -0.4 is 4.90 Å². The SMILES string of the molecule is c1ccc(-c2ccc(N(c3ccc4cc(-n5c6ccccc6c6c7ccccc7ccc65)ccc4c3)c3ccc4c(c3)oc3ccccc34)cc2)cc1. The molecule has 53 heavy (non-hydrogen) atoms. The Balaban J connectivity index is 1.06. The van der Waals surface area contributed by atoms with E-state index in [2.05, 4.69) is 191 Å². The Morgan fingerprint density at radius 3 is 1.87 bits per heavy atom. The molecule has 11 aromatic rings. The summed E-state index contributed by atoms with van der Waals surface area (Å²) >= 11 is 0. The molecule has 0 aliphatic rings. The number of rotatable bonds is 5. The minimum absolute atomic E-state index is 0.874. The molecule has 2 aromatic heterocycles. The number of aromatic nitrogens is 1. The monoisotopic (exact) mass is 676 g/mol. The van der Waals surface area contributed by atoms with E-state index in [1.165, 1.54) is 54.5 Å². The zero-order valence-electron chi connectivity index (χ0n) is 28.8. The molecule has 0 saturated carbocycles. The van der Waals surface area contributed by atoms with Crippen LogP contribution in [0.15, 0.2) is 199 Å². The van der Waals surface area contributed by atoms with Crippen molar-refractivity contribution in [2.45, 2.75) is 0 Å². The second kappa shape index (κ2) is 11.7. The maximum absolute atomic E-state index is 6.37. The Morgan fingerprint density at radius 2 is 0.981 bits per heavy atom. The number of nitrogens with zero attached hydrogens (tertiary/aromatic N) is 2. The van der Waals surface area contributed by atoms with Crippen LogP contribution in [0.5, 0.6) is 0 Å². The molecule has 0 N–H and O–H groups in total. The summed E-state index contributed by atoms with van der Waals surface area (Å²) in [7, 11) is 0. The van der Waals surface area contributed by atoms with Gasteiger partial charge < -0.3 is 13.9 Å². The first-order valence-corrected chi connectivity index (χ1v) is 18.1. The van der Waals surface area contributed by atoms with E-state index < -0.39 is 0 Å². The minimum atomic E-state index is 0.874. The number of furan rings is 1. The van der Waals surface area contributed by atoms with Crippen molar-refractivity contribution in [1.82, 2.24) is 4.57 Å². The standard InChI is InChI=1S/C50H32N2O/c1-2-10-33(11-3-1)34-18-23-38(24-19-34)51(41-27-28-44-43-14-7-9-17-48(43)53-49(44)32-41)39-25-20-37-31-40(26-21-36(37)30-39)52-46-16-8-6-15-45(46)50-42-13-5-4-12-35(42)22-29-47(50)52/h1-32H. The highest BCUT2D eigenvalue weighted by Crippen LogP contribution is 2.41. The highest BCUT2D eigenvalue weighted by molar-refractivity contribution is 6.21. The number of benzene rings is 9. The van der Waals surface area contributed by atoms with Gasteiger partial charge in [-0.3, -0.25) is 0 Å². The molecule has 0 atom stereocenters. The predicted octanol–water partition coefficient (Wildman–Crippen LogP) is 14.1. The average Bonchev–Trinajstić information content (AvgIpc) is 3.77. The number of hydrogen-bond acceptors (Lipinski definition) is 2. The van der Waals surface area contributed by atoms with Gasteiger partial charge in [0.15, 0.2) is 0 Å². The summed E-state index contributed by atoms with van der Waals surface area (Å²) in [6.45, 7) is 0. The Hall–Kier alpha value is -7.10. The van der Waals surface area contributed by atoms with Crippen LogP contribution in [-0.2, 0) is 0 Å². The molecule has 248 valence electrons. The molecule has 0 unspecified atom stereocenters. The summed E-state index contributed by atoms with van der Waals surface area (Å²) in [5.41, 5.74) is 10.9. The average molecular weight is 677 g/mol. The number of para-hydroxylation sites is 2. The highest BCUT2D eigenvalue weighted by atomic mass is 16.3. The van der Waals surface area contributed by atoms with Crippen molar-refractivity contribution in [2.24, 2.45) is 0 Å². The van der Waals surface area contributed by atoms with Crippen molar-refractivity contribution in [2.75, 3.05) is 4.90 Å². The van der Waals surface area contributed by atoms with E-state index in [0.717, 1.165) is 44.7 Å². The Bertz CT molecular complexity index is 3170. The fourth-order valence-corrected chi connectivity index (χ4v) is 8.25. The normalized spacial score (nSPS) is 11.8. The lowest BCUT2D eigenvalue weighted by molar-refractivity contribution is 0.669. The number of anilines is 3. The van der Waals surface area contributed by atoms with E-state index >= 15 is 0 Å². The van der Waals surface area contributed by atoms with Gasteiger partial charge in [-0.05, 0) is 99.4 Å². The maximum atomic E-state index is 6.37. The van der Waals surface area contributed by atoms with Gasteiger partial charge in [-0.15, -0.1) is 0 Å². The summed E-state index contributed by atoms with van der Waals surface area (Å²) in [5, 5.41) is 9.71. The second-order valence-electron chi connectivity index (χ2n) is 13.8. The van der Waals surface area contributed by atoms with Crippen LogP contribution >= 0.6 is 0 Å². The van der Waals surface area contributed by atoms with E-state index in [1.54, 1.807) is 0 Å². The molecule has 0 aliphatic heterocycles. The molecule has 2 heterocycles. The Morgan fingerprint density at radius 1 is 0.358 bits per heavy atom. The van der Waals surface area contributed by atoms with Crippen molar-refractivity contribution >= 4 is 82.4 Å². The fraction of sp³-hybridized carbons (Fsp3) is 0. The van der Waals surface area contributed by atoms with Gasteiger partial charge in [0.25, 0.3) is 0 Å². The van der Waals surface area contributed by atoms with E-state index in [4.69, 9.17) is 4.42 Å². The van der Waals surface area contributed by atoms with E-state index in [9.17, 15) is 0 Å². The van der Waals surface area contributed by atoms with Crippen LogP contribution in [0.25, 0.3) is 82.1 Å². The first-order valence-electron chi connectivity index (χ1n) is 18.1. The van der Waals surface area contributed by atoms with Gasteiger partial charge in [0, 0.05) is 50.4 Å². The molecule has 0 aliphatic carbocycles. The van der Waals surface area contributed by atoms with Gasteiger partial charge in [-0.2, -0.15) is 0 Å². The van der Waals surface area contributed by atoms with Crippen LogP contribution in [-0.4, -0.2) is 4.57 Å². The minimum Gasteiger partial charge on any atom is -0.456 e. The van der Waals surface area contributed by atoms with Gasteiger partial charge in [-0.25, -0.2) is 0 Å². The summed E-state index contributed by atoms with van der Waals surface area (Å²) < 4.78 is 8.78. The van der Waals surface area contributed by atoms with Gasteiger partial charge in [-0.1, -0.05) is 121 Å². The molecule has 9 aromatic carbocycles. The topological polar surface area (TPSA) is 21.3 Å². The maximum Gasteiger partial charge on any atom is 0.137 e. The summed E-state index contributed by atoms with van der Waals surface area (Å²) in [4.78, 5) is 2.33. The van der Waals surface area contributed by atoms with Crippen molar-refractivity contribution in [3.8, 4) is 16.8 Å². The van der Waals surface area contributed by atoms with Gasteiger partial charge in [0.2, 0.25) is 0 Å². The first-order chi connectivity index (χ1) is 26.3. The molecule has 0 saturated heterocycles. The summed E-state index contributed by atoms with van der Waals surface area (Å²) in [5.74, 6) is 0. The molecular formula is C50H32N2O. The van der Waals surface area contributed by atoms with Crippen molar-refractivity contribution < 1.29 is 4.42 Å². The largest absolute Gasteiger partial charge is 0.456 e. The van der Waals surface area contributed by atoms with Crippen LogP contribution in [0.3, 0.4) is 0 Å². The molecule has 0 spiro atoms. The number of hydrogen-bond donors (Lipinski definition) is 0. The van der Waals surface area contributed by atoms with Crippen LogP contribution in [0.1, 0.15) is 0 Å². The third-order valence-electron chi connectivity index (χ3n) is 10.7. The first kappa shape index (κ1) is 29.6. The Labute approximate surface area is 306 Å². The smallest absolute Gasteiger partial charge is 0.137 e. The zero-order chi connectivity index (χ0) is 34.9.